The van der Waals surface area contributed by atoms with Gasteiger partial charge in [0.25, 0.3) is 0 Å². The first kappa shape index (κ1) is 12.4. The van der Waals surface area contributed by atoms with Gasteiger partial charge in [0.15, 0.2) is 0 Å². The molecule has 0 unspecified atom stereocenters. The third kappa shape index (κ3) is 4.61. The highest BCUT2D eigenvalue weighted by atomic mass is 32.1. The number of unbranched alkanes of at least 4 members (excludes halogenated alkanes) is 2. The minimum atomic E-state index is 1.01. The number of benzene rings is 1. The Morgan fingerprint density at radius 2 is 2.00 bits per heavy atom. The Morgan fingerprint density at radius 1 is 1.20 bits per heavy atom. The lowest BCUT2D eigenvalue weighted by molar-refractivity contribution is 0.710. The average Bonchev–Trinajstić information content (AvgIpc) is 2.24. The molecule has 0 amide bonds. The number of hydrogen-bond donors (Lipinski definition) is 1. The topological polar surface area (TPSA) is 3.24 Å². The summed E-state index contributed by atoms with van der Waals surface area (Å²) in [6.45, 7) is 3.27. The number of thiol groups is 1. The van der Waals surface area contributed by atoms with Crippen LogP contribution in [0.4, 0.5) is 5.69 Å². The summed E-state index contributed by atoms with van der Waals surface area (Å²) in [6.07, 6.45) is 3.76. The molecule has 0 atom stereocenters. The zero-order chi connectivity index (χ0) is 11.1. The van der Waals surface area contributed by atoms with Crippen LogP contribution in [0.25, 0.3) is 0 Å². The van der Waals surface area contributed by atoms with E-state index in [9.17, 15) is 0 Å². The van der Waals surface area contributed by atoms with Crippen molar-refractivity contribution in [2.24, 2.45) is 0 Å². The van der Waals surface area contributed by atoms with E-state index in [4.69, 9.17) is 0 Å². The molecule has 0 aliphatic rings. The molecular formula is C13H21NS. The summed E-state index contributed by atoms with van der Waals surface area (Å²) in [6, 6.07) is 8.66. The van der Waals surface area contributed by atoms with E-state index in [2.05, 4.69) is 55.8 Å². The molecule has 0 aromatic heterocycles. The van der Waals surface area contributed by atoms with Crippen LogP contribution in [0.15, 0.2) is 24.3 Å². The first-order chi connectivity index (χ1) is 7.24. The van der Waals surface area contributed by atoms with Crippen molar-refractivity contribution in [1.29, 1.82) is 0 Å². The molecule has 0 aliphatic heterocycles. The zero-order valence-corrected chi connectivity index (χ0v) is 10.6. The standard InChI is InChI=1S/C13H21NS/c1-12-7-6-8-13(11-12)14(2)9-4-3-5-10-15/h6-8,11,15H,3-5,9-10H2,1-2H3. The molecule has 0 N–H and O–H groups in total. The Morgan fingerprint density at radius 3 is 2.67 bits per heavy atom. The van der Waals surface area contributed by atoms with E-state index in [1.165, 1.54) is 30.5 Å². The van der Waals surface area contributed by atoms with Crippen molar-refractivity contribution < 1.29 is 0 Å². The van der Waals surface area contributed by atoms with Gasteiger partial charge in [0.2, 0.25) is 0 Å². The quantitative estimate of drug-likeness (QED) is 0.570. The lowest BCUT2D eigenvalue weighted by atomic mass is 10.2. The first-order valence-corrected chi connectivity index (χ1v) is 6.26. The van der Waals surface area contributed by atoms with Crippen LogP contribution in [0.3, 0.4) is 0 Å². The fourth-order valence-electron chi connectivity index (χ4n) is 1.63. The van der Waals surface area contributed by atoms with Crippen LogP contribution in [-0.2, 0) is 0 Å². The number of hydrogen-bond acceptors (Lipinski definition) is 2. The van der Waals surface area contributed by atoms with E-state index >= 15 is 0 Å². The SMILES string of the molecule is Cc1cccc(N(C)CCCCCS)c1. The molecule has 15 heavy (non-hydrogen) atoms. The van der Waals surface area contributed by atoms with Crippen LogP contribution in [0.2, 0.25) is 0 Å². The molecule has 0 aliphatic carbocycles. The second kappa shape index (κ2) is 6.78. The molecule has 0 fully saturated rings. The maximum Gasteiger partial charge on any atom is 0.0366 e. The van der Waals surface area contributed by atoms with Gasteiger partial charge in [0, 0.05) is 19.3 Å². The predicted molar refractivity (Wildman–Crippen MR) is 72.2 cm³/mol. The third-order valence-electron chi connectivity index (χ3n) is 2.59. The van der Waals surface area contributed by atoms with Crippen molar-refractivity contribution >= 4 is 18.3 Å². The van der Waals surface area contributed by atoms with E-state index in [1.807, 2.05) is 0 Å². The van der Waals surface area contributed by atoms with Crippen molar-refractivity contribution in [3.63, 3.8) is 0 Å². The van der Waals surface area contributed by atoms with Crippen molar-refractivity contribution in [3.05, 3.63) is 29.8 Å². The summed E-state index contributed by atoms with van der Waals surface area (Å²) in [7, 11) is 2.16. The van der Waals surface area contributed by atoms with Gasteiger partial charge in [-0.15, -0.1) is 0 Å². The summed E-state index contributed by atoms with van der Waals surface area (Å²) >= 11 is 4.22. The molecule has 0 radical (unpaired) electrons. The molecule has 1 aromatic rings. The Hall–Kier alpha value is -0.630. The summed E-state index contributed by atoms with van der Waals surface area (Å²) in [5.41, 5.74) is 2.65. The molecule has 84 valence electrons. The van der Waals surface area contributed by atoms with Crippen molar-refractivity contribution in [3.8, 4) is 0 Å². The van der Waals surface area contributed by atoms with Crippen molar-refractivity contribution in [1.82, 2.24) is 0 Å². The van der Waals surface area contributed by atoms with Gasteiger partial charge in [-0.25, -0.2) is 0 Å². The molecule has 1 rings (SSSR count). The fourth-order valence-corrected chi connectivity index (χ4v) is 1.86. The molecule has 2 heteroatoms. The molecule has 0 saturated carbocycles. The second-order valence-electron chi connectivity index (χ2n) is 4.04. The van der Waals surface area contributed by atoms with Crippen LogP contribution >= 0.6 is 12.6 Å². The highest BCUT2D eigenvalue weighted by molar-refractivity contribution is 7.80. The number of rotatable bonds is 6. The number of anilines is 1. The predicted octanol–water partition coefficient (Wildman–Crippen LogP) is 3.53. The van der Waals surface area contributed by atoms with Crippen LogP contribution < -0.4 is 4.90 Å². The van der Waals surface area contributed by atoms with Gasteiger partial charge in [0.1, 0.15) is 0 Å². The Kier molecular flexibility index (Phi) is 5.62. The highest BCUT2D eigenvalue weighted by Gasteiger charge is 1.99. The van der Waals surface area contributed by atoms with Crippen molar-refractivity contribution in [2.45, 2.75) is 26.2 Å². The first-order valence-electron chi connectivity index (χ1n) is 5.62. The van der Waals surface area contributed by atoms with Gasteiger partial charge in [0.05, 0.1) is 0 Å². The van der Waals surface area contributed by atoms with E-state index in [0.717, 1.165) is 12.3 Å². The zero-order valence-electron chi connectivity index (χ0n) is 9.74. The van der Waals surface area contributed by atoms with Gasteiger partial charge in [-0.1, -0.05) is 18.6 Å². The van der Waals surface area contributed by atoms with Crippen LogP contribution in [0.5, 0.6) is 0 Å². The minimum absolute atomic E-state index is 1.01. The molecule has 1 nitrogen and oxygen atoms in total. The van der Waals surface area contributed by atoms with E-state index < -0.39 is 0 Å². The normalized spacial score (nSPS) is 10.3. The lowest BCUT2D eigenvalue weighted by Gasteiger charge is -2.19. The van der Waals surface area contributed by atoms with E-state index in [1.54, 1.807) is 0 Å². The van der Waals surface area contributed by atoms with Crippen molar-refractivity contribution in [2.75, 3.05) is 24.2 Å². The molecular weight excluding hydrogens is 202 g/mol. The van der Waals surface area contributed by atoms with Crippen LogP contribution in [0, 0.1) is 6.92 Å². The molecule has 0 heterocycles. The maximum atomic E-state index is 4.22. The highest BCUT2D eigenvalue weighted by Crippen LogP contribution is 2.14. The largest absolute Gasteiger partial charge is 0.375 e. The number of nitrogens with zero attached hydrogens (tertiary/aromatic N) is 1. The molecule has 0 bridgehead atoms. The summed E-state index contributed by atoms with van der Waals surface area (Å²) in [5.74, 6) is 1.01. The summed E-state index contributed by atoms with van der Waals surface area (Å²) < 4.78 is 0. The van der Waals surface area contributed by atoms with Crippen LogP contribution in [0.1, 0.15) is 24.8 Å². The van der Waals surface area contributed by atoms with Crippen LogP contribution in [-0.4, -0.2) is 19.3 Å². The summed E-state index contributed by atoms with van der Waals surface area (Å²) in [4.78, 5) is 2.32. The lowest BCUT2D eigenvalue weighted by Crippen LogP contribution is -2.18. The third-order valence-corrected chi connectivity index (χ3v) is 2.91. The van der Waals surface area contributed by atoms with E-state index in [-0.39, 0.29) is 0 Å². The van der Waals surface area contributed by atoms with Gasteiger partial charge >= 0.3 is 0 Å². The van der Waals surface area contributed by atoms with E-state index in [0.29, 0.717) is 0 Å². The minimum Gasteiger partial charge on any atom is -0.375 e. The maximum absolute atomic E-state index is 4.22. The molecule has 0 spiro atoms. The monoisotopic (exact) mass is 223 g/mol. The average molecular weight is 223 g/mol. The second-order valence-corrected chi connectivity index (χ2v) is 4.49. The smallest absolute Gasteiger partial charge is 0.0366 e. The number of aryl methyl sites for hydroxylation is 1. The van der Waals surface area contributed by atoms with Gasteiger partial charge in [-0.05, 0) is 43.2 Å². The van der Waals surface area contributed by atoms with Gasteiger partial charge in [-0.3, -0.25) is 0 Å². The molecule has 0 saturated heterocycles. The van der Waals surface area contributed by atoms with Gasteiger partial charge < -0.3 is 4.90 Å². The molecule has 1 aromatic carbocycles. The summed E-state index contributed by atoms with van der Waals surface area (Å²) in [5, 5.41) is 0. The Balaban J connectivity index is 2.36. The van der Waals surface area contributed by atoms with Gasteiger partial charge in [-0.2, -0.15) is 12.6 Å². The Bertz CT molecular complexity index is 286. The fraction of sp³-hybridized carbons (Fsp3) is 0.538. The Labute approximate surface area is 98.9 Å².